The molecule has 0 amide bonds. The van der Waals surface area contributed by atoms with E-state index in [1.165, 1.54) is 0 Å². The summed E-state index contributed by atoms with van der Waals surface area (Å²) in [6.45, 7) is 4.69. The molecule has 5 heteroatoms. The largest absolute Gasteiger partial charge is 0.339 e. The SMILES string of the molecule is CC(C)C(CN)c1nc(Cc2ccccc2Cl)no1. The van der Waals surface area contributed by atoms with Crippen molar-refractivity contribution in [2.75, 3.05) is 6.54 Å². The van der Waals surface area contributed by atoms with E-state index in [0.29, 0.717) is 35.6 Å². The minimum absolute atomic E-state index is 0.104. The maximum absolute atomic E-state index is 6.12. The molecule has 0 radical (unpaired) electrons. The van der Waals surface area contributed by atoms with Crippen LogP contribution in [0.3, 0.4) is 0 Å². The third-order valence-electron chi connectivity index (χ3n) is 3.17. The van der Waals surface area contributed by atoms with Gasteiger partial charge in [0.15, 0.2) is 5.82 Å². The molecule has 102 valence electrons. The Balaban J connectivity index is 2.16. The first-order valence-corrected chi connectivity index (χ1v) is 6.75. The van der Waals surface area contributed by atoms with Crippen molar-refractivity contribution < 1.29 is 4.52 Å². The Morgan fingerprint density at radius 1 is 1.32 bits per heavy atom. The minimum atomic E-state index is 0.104. The summed E-state index contributed by atoms with van der Waals surface area (Å²) in [5, 5.41) is 4.72. The van der Waals surface area contributed by atoms with E-state index in [9.17, 15) is 0 Å². The molecule has 1 unspecified atom stereocenters. The standard InChI is InChI=1S/C14H18ClN3O/c1-9(2)11(8-16)14-17-13(18-19-14)7-10-5-3-4-6-12(10)15/h3-6,9,11H,7-8,16H2,1-2H3. The van der Waals surface area contributed by atoms with Crippen LogP contribution in [0.25, 0.3) is 0 Å². The number of halogens is 1. The second kappa shape index (κ2) is 6.17. The summed E-state index contributed by atoms with van der Waals surface area (Å²) < 4.78 is 5.31. The zero-order valence-electron chi connectivity index (χ0n) is 11.1. The first kappa shape index (κ1) is 14.0. The zero-order valence-corrected chi connectivity index (χ0v) is 11.9. The molecular weight excluding hydrogens is 262 g/mol. The Labute approximate surface area is 118 Å². The lowest BCUT2D eigenvalue weighted by Crippen LogP contribution is -2.18. The van der Waals surface area contributed by atoms with Crippen LogP contribution in [0.15, 0.2) is 28.8 Å². The molecule has 1 heterocycles. The Morgan fingerprint density at radius 2 is 2.05 bits per heavy atom. The van der Waals surface area contributed by atoms with Crippen LogP contribution in [0.2, 0.25) is 5.02 Å². The van der Waals surface area contributed by atoms with Crippen molar-refractivity contribution in [2.24, 2.45) is 11.7 Å². The highest BCUT2D eigenvalue weighted by atomic mass is 35.5. The van der Waals surface area contributed by atoms with Gasteiger partial charge in [-0.2, -0.15) is 4.98 Å². The molecule has 0 saturated heterocycles. The van der Waals surface area contributed by atoms with E-state index in [0.717, 1.165) is 5.56 Å². The Hall–Kier alpha value is -1.39. The number of benzene rings is 1. The minimum Gasteiger partial charge on any atom is -0.339 e. The van der Waals surface area contributed by atoms with Crippen LogP contribution in [0, 0.1) is 5.92 Å². The van der Waals surface area contributed by atoms with Crippen LogP contribution in [-0.2, 0) is 6.42 Å². The molecule has 0 fully saturated rings. The molecule has 0 spiro atoms. The molecular formula is C14H18ClN3O. The summed E-state index contributed by atoms with van der Waals surface area (Å²) in [6.07, 6.45) is 0.568. The monoisotopic (exact) mass is 279 g/mol. The number of nitrogens with zero attached hydrogens (tertiary/aromatic N) is 2. The summed E-state index contributed by atoms with van der Waals surface area (Å²) in [5.41, 5.74) is 6.73. The van der Waals surface area contributed by atoms with Crippen LogP contribution in [0.5, 0.6) is 0 Å². The summed E-state index contributed by atoms with van der Waals surface area (Å²) in [6, 6.07) is 7.66. The quantitative estimate of drug-likeness (QED) is 0.914. The number of hydrogen-bond donors (Lipinski definition) is 1. The second-order valence-electron chi connectivity index (χ2n) is 4.90. The first-order chi connectivity index (χ1) is 9.11. The topological polar surface area (TPSA) is 64.9 Å². The van der Waals surface area contributed by atoms with Gasteiger partial charge in [-0.1, -0.05) is 48.8 Å². The molecule has 1 aromatic carbocycles. The number of rotatable bonds is 5. The maximum atomic E-state index is 6.12. The Bertz CT molecular complexity index is 539. The van der Waals surface area contributed by atoms with E-state index >= 15 is 0 Å². The molecule has 2 aromatic rings. The summed E-state index contributed by atoms with van der Waals surface area (Å²) in [4.78, 5) is 4.42. The normalized spacial score (nSPS) is 12.9. The molecule has 1 atom stereocenters. The van der Waals surface area contributed by atoms with Crippen molar-refractivity contribution in [1.29, 1.82) is 0 Å². The summed E-state index contributed by atoms with van der Waals surface area (Å²) in [5.74, 6) is 1.73. The van der Waals surface area contributed by atoms with Gasteiger partial charge >= 0.3 is 0 Å². The van der Waals surface area contributed by atoms with E-state index in [-0.39, 0.29) is 5.92 Å². The molecule has 2 N–H and O–H groups in total. The lowest BCUT2D eigenvalue weighted by molar-refractivity contribution is 0.322. The molecule has 19 heavy (non-hydrogen) atoms. The van der Waals surface area contributed by atoms with Crippen molar-refractivity contribution in [3.63, 3.8) is 0 Å². The third kappa shape index (κ3) is 3.33. The highest BCUT2D eigenvalue weighted by Gasteiger charge is 2.21. The fourth-order valence-electron chi connectivity index (χ4n) is 1.96. The Morgan fingerprint density at radius 3 is 2.68 bits per heavy atom. The molecule has 2 rings (SSSR count). The van der Waals surface area contributed by atoms with E-state index in [1.54, 1.807) is 0 Å². The van der Waals surface area contributed by atoms with Crippen molar-refractivity contribution >= 4 is 11.6 Å². The predicted octanol–water partition coefficient (Wildman–Crippen LogP) is 3.01. The van der Waals surface area contributed by atoms with Crippen LogP contribution in [0.4, 0.5) is 0 Å². The van der Waals surface area contributed by atoms with Gasteiger partial charge in [-0.15, -0.1) is 0 Å². The van der Waals surface area contributed by atoms with Crippen LogP contribution in [0.1, 0.15) is 37.0 Å². The highest BCUT2D eigenvalue weighted by molar-refractivity contribution is 6.31. The maximum Gasteiger partial charge on any atom is 0.231 e. The fourth-order valence-corrected chi connectivity index (χ4v) is 2.16. The molecule has 0 aliphatic rings. The lowest BCUT2D eigenvalue weighted by Gasteiger charge is -2.13. The molecule has 1 aromatic heterocycles. The average Bonchev–Trinajstić information content (AvgIpc) is 2.81. The smallest absolute Gasteiger partial charge is 0.231 e. The third-order valence-corrected chi connectivity index (χ3v) is 3.53. The first-order valence-electron chi connectivity index (χ1n) is 6.37. The van der Waals surface area contributed by atoms with Crippen molar-refractivity contribution in [1.82, 2.24) is 10.1 Å². The van der Waals surface area contributed by atoms with Crippen LogP contribution < -0.4 is 5.73 Å². The van der Waals surface area contributed by atoms with Crippen molar-refractivity contribution in [3.05, 3.63) is 46.6 Å². The van der Waals surface area contributed by atoms with Gasteiger partial charge in [-0.25, -0.2) is 0 Å². The lowest BCUT2D eigenvalue weighted by atomic mass is 9.96. The average molecular weight is 280 g/mol. The second-order valence-corrected chi connectivity index (χ2v) is 5.31. The highest BCUT2D eigenvalue weighted by Crippen LogP contribution is 2.23. The zero-order chi connectivity index (χ0) is 13.8. The predicted molar refractivity (Wildman–Crippen MR) is 75.2 cm³/mol. The Kier molecular flexibility index (Phi) is 4.56. The van der Waals surface area contributed by atoms with Gasteiger partial charge in [-0.05, 0) is 17.5 Å². The molecule has 0 bridgehead atoms. The fraction of sp³-hybridized carbons (Fsp3) is 0.429. The van der Waals surface area contributed by atoms with E-state index in [2.05, 4.69) is 24.0 Å². The van der Waals surface area contributed by atoms with Gasteiger partial charge in [0.2, 0.25) is 5.89 Å². The van der Waals surface area contributed by atoms with E-state index in [4.69, 9.17) is 21.9 Å². The molecule has 0 aliphatic carbocycles. The van der Waals surface area contributed by atoms with E-state index < -0.39 is 0 Å². The van der Waals surface area contributed by atoms with Gasteiger partial charge in [0.25, 0.3) is 0 Å². The number of hydrogen-bond acceptors (Lipinski definition) is 4. The van der Waals surface area contributed by atoms with Gasteiger partial charge in [-0.3, -0.25) is 0 Å². The summed E-state index contributed by atoms with van der Waals surface area (Å²) in [7, 11) is 0. The van der Waals surface area contributed by atoms with Gasteiger partial charge in [0.05, 0.1) is 5.92 Å². The van der Waals surface area contributed by atoms with Crippen LogP contribution in [-0.4, -0.2) is 16.7 Å². The van der Waals surface area contributed by atoms with E-state index in [1.807, 2.05) is 24.3 Å². The molecule has 0 saturated carbocycles. The van der Waals surface area contributed by atoms with Crippen molar-refractivity contribution in [3.8, 4) is 0 Å². The number of nitrogens with two attached hydrogens (primary N) is 1. The van der Waals surface area contributed by atoms with Crippen LogP contribution >= 0.6 is 11.6 Å². The van der Waals surface area contributed by atoms with Gasteiger partial charge < -0.3 is 10.3 Å². The molecule has 0 aliphatic heterocycles. The van der Waals surface area contributed by atoms with Crippen molar-refractivity contribution in [2.45, 2.75) is 26.2 Å². The summed E-state index contributed by atoms with van der Waals surface area (Å²) >= 11 is 6.12. The van der Waals surface area contributed by atoms with Gasteiger partial charge in [0.1, 0.15) is 0 Å². The molecule has 4 nitrogen and oxygen atoms in total. The number of aromatic nitrogens is 2. The van der Waals surface area contributed by atoms with Gasteiger partial charge in [0, 0.05) is 18.0 Å².